The number of aromatic nitrogens is 2. The molecule has 3 aromatic heterocycles. The number of phenolic OH excluding ortho intramolecular Hbond substituents is 1. The van der Waals surface area contributed by atoms with Crippen LogP contribution in [0.25, 0.3) is 20.7 Å². The highest BCUT2D eigenvalue weighted by Crippen LogP contribution is 2.35. The maximum absolute atomic E-state index is 13.0. The molecule has 0 saturated carbocycles. The van der Waals surface area contributed by atoms with E-state index in [2.05, 4.69) is 9.97 Å². The lowest BCUT2D eigenvalue weighted by atomic mass is 10.1. The SMILES string of the molecule is CCN(C(=O)Cc1nc2scc(-c3ccc(C)s3)c2c(=O)[nH]1)C(C)c1cccc(O)c1. The van der Waals surface area contributed by atoms with Crippen LogP contribution in [0.15, 0.2) is 46.6 Å². The van der Waals surface area contributed by atoms with Crippen molar-refractivity contribution in [3.05, 3.63) is 68.4 Å². The molecule has 3 heterocycles. The number of hydrogen-bond donors (Lipinski definition) is 2. The molecule has 160 valence electrons. The molecule has 6 nitrogen and oxygen atoms in total. The van der Waals surface area contributed by atoms with Crippen LogP contribution in [0.4, 0.5) is 0 Å². The summed E-state index contributed by atoms with van der Waals surface area (Å²) in [7, 11) is 0. The van der Waals surface area contributed by atoms with Gasteiger partial charge in [0.05, 0.1) is 17.8 Å². The summed E-state index contributed by atoms with van der Waals surface area (Å²) < 4.78 is 0. The highest BCUT2D eigenvalue weighted by molar-refractivity contribution is 7.19. The Morgan fingerprint density at radius 2 is 2.10 bits per heavy atom. The first kappa shape index (κ1) is 21.3. The third-order valence-corrected chi connectivity index (χ3v) is 7.20. The number of benzene rings is 1. The smallest absolute Gasteiger partial charge is 0.260 e. The Kier molecular flexibility index (Phi) is 5.93. The highest BCUT2D eigenvalue weighted by Gasteiger charge is 2.22. The van der Waals surface area contributed by atoms with Crippen molar-refractivity contribution in [1.29, 1.82) is 0 Å². The lowest BCUT2D eigenvalue weighted by Crippen LogP contribution is -2.35. The summed E-state index contributed by atoms with van der Waals surface area (Å²) >= 11 is 3.06. The standard InChI is InChI=1S/C23H23N3O3S2/c1-4-26(14(3)15-6-5-7-16(27)10-15)20(28)11-19-24-22(29)21-17(12-30-23(21)25-19)18-9-8-13(2)31-18/h5-10,12,14,27H,4,11H2,1-3H3,(H,24,25,29). The molecule has 4 aromatic rings. The largest absolute Gasteiger partial charge is 0.508 e. The monoisotopic (exact) mass is 453 g/mol. The number of aromatic hydroxyl groups is 1. The van der Waals surface area contributed by atoms with Gasteiger partial charge in [0.15, 0.2) is 0 Å². The van der Waals surface area contributed by atoms with Gasteiger partial charge >= 0.3 is 0 Å². The van der Waals surface area contributed by atoms with Crippen LogP contribution in [0, 0.1) is 6.92 Å². The van der Waals surface area contributed by atoms with Crippen LogP contribution in [0.1, 0.15) is 36.2 Å². The number of phenols is 1. The van der Waals surface area contributed by atoms with Gasteiger partial charge in [-0.25, -0.2) is 4.98 Å². The number of H-pyrrole nitrogens is 1. The zero-order valence-electron chi connectivity index (χ0n) is 17.5. The molecule has 0 radical (unpaired) electrons. The fourth-order valence-electron chi connectivity index (χ4n) is 3.71. The van der Waals surface area contributed by atoms with Gasteiger partial charge in [-0.3, -0.25) is 9.59 Å². The van der Waals surface area contributed by atoms with E-state index in [0.29, 0.717) is 22.6 Å². The number of hydrogen-bond acceptors (Lipinski definition) is 6. The van der Waals surface area contributed by atoms with Gasteiger partial charge in [0.2, 0.25) is 5.91 Å². The van der Waals surface area contributed by atoms with Crippen molar-refractivity contribution in [2.45, 2.75) is 33.2 Å². The summed E-state index contributed by atoms with van der Waals surface area (Å²) in [6.45, 7) is 6.37. The lowest BCUT2D eigenvalue weighted by Gasteiger charge is -2.28. The van der Waals surface area contributed by atoms with Crippen molar-refractivity contribution >= 4 is 38.8 Å². The highest BCUT2D eigenvalue weighted by atomic mass is 32.1. The van der Waals surface area contributed by atoms with Gasteiger partial charge in [-0.2, -0.15) is 0 Å². The molecule has 1 aromatic carbocycles. The van der Waals surface area contributed by atoms with Gasteiger partial charge < -0.3 is 15.0 Å². The fraction of sp³-hybridized carbons (Fsp3) is 0.261. The van der Waals surface area contributed by atoms with E-state index in [-0.39, 0.29) is 29.7 Å². The molecule has 0 aliphatic rings. The van der Waals surface area contributed by atoms with Crippen molar-refractivity contribution in [3.63, 3.8) is 0 Å². The molecule has 0 bridgehead atoms. The Hall–Kier alpha value is -2.97. The normalized spacial score (nSPS) is 12.2. The summed E-state index contributed by atoms with van der Waals surface area (Å²) in [6, 6.07) is 10.7. The summed E-state index contributed by atoms with van der Waals surface area (Å²) in [5, 5.41) is 12.3. The second kappa shape index (κ2) is 8.64. The molecule has 31 heavy (non-hydrogen) atoms. The van der Waals surface area contributed by atoms with E-state index in [1.165, 1.54) is 16.2 Å². The van der Waals surface area contributed by atoms with E-state index >= 15 is 0 Å². The Bertz CT molecular complexity index is 1300. The van der Waals surface area contributed by atoms with E-state index in [4.69, 9.17) is 0 Å². The van der Waals surface area contributed by atoms with Crippen LogP contribution >= 0.6 is 22.7 Å². The van der Waals surface area contributed by atoms with Crippen LogP contribution < -0.4 is 5.56 Å². The molecule has 1 amide bonds. The van der Waals surface area contributed by atoms with Crippen molar-refractivity contribution < 1.29 is 9.90 Å². The number of nitrogens with zero attached hydrogens (tertiary/aromatic N) is 2. The molecule has 1 atom stereocenters. The fourth-order valence-corrected chi connectivity index (χ4v) is 5.64. The molecular weight excluding hydrogens is 430 g/mol. The third-order valence-electron chi connectivity index (χ3n) is 5.30. The molecule has 0 spiro atoms. The first-order valence-electron chi connectivity index (χ1n) is 10.0. The van der Waals surface area contributed by atoms with Crippen LogP contribution in [-0.4, -0.2) is 32.4 Å². The van der Waals surface area contributed by atoms with Gasteiger partial charge in [0, 0.05) is 27.2 Å². The van der Waals surface area contributed by atoms with E-state index < -0.39 is 0 Å². The second-order valence-electron chi connectivity index (χ2n) is 7.38. The van der Waals surface area contributed by atoms with Crippen molar-refractivity contribution in [2.75, 3.05) is 6.54 Å². The second-order valence-corrected chi connectivity index (χ2v) is 9.53. The number of aryl methyl sites for hydroxylation is 1. The Labute approximate surface area is 187 Å². The molecule has 1 unspecified atom stereocenters. The predicted molar refractivity (Wildman–Crippen MR) is 126 cm³/mol. The minimum Gasteiger partial charge on any atom is -0.508 e. The average molecular weight is 454 g/mol. The quantitative estimate of drug-likeness (QED) is 0.436. The van der Waals surface area contributed by atoms with Crippen LogP contribution in [0.3, 0.4) is 0 Å². The van der Waals surface area contributed by atoms with Crippen molar-refractivity contribution in [3.8, 4) is 16.2 Å². The van der Waals surface area contributed by atoms with Gasteiger partial charge in [-0.15, -0.1) is 22.7 Å². The first-order valence-corrected chi connectivity index (χ1v) is 11.7. The minimum atomic E-state index is -0.223. The number of amides is 1. The summed E-state index contributed by atoms with van der Waals surface area (Å²) in [5.41, 5.74) is 1.51. The van der Waals surface area contributed by atoms with E-state index in [9.17, 15) is 14.7 Å². The number of rotatable bonds is 6. The van der Waals surface area contributed by atoms with E-state index in [1.54, 1.807) is 34.4 Å². The first-order chi connectivity index (χ1) is 14.9. The molecule has 0 fully saturated rings. The average Bonchev–Trinajstić information content (AvgIpc) is 3.34. The Balaban J connectivity index is 1.60. The molecule has 0 saturated heterocycles. The number of likely N-dealkylation sites (N-methyl/N-ethyl adjacent to an activating group) is 1. The third kappa shape index (κ3) is 4.26. The summed E-state index contributed by atoms with van der Waals surface area (Å²) in [6.07, 6.45) is 0.00746. The van der Waals surface area contributed by atoms with E-state index in [1.807, 2.05) is 44.4 Å². The number of aromatic amines is 1. The predicted octanol–water partition coefficient (Wildman–Crippen LogP) is 4.88. The van der Waals surface area contributed by atoms with Gasteiger partial charge in [-0.05, 0) is 50.6 Å². The van der Waals surface area contributed by atoms with Crippen LogP contribution in [-0.2, 0) is 11.2 Å². The van der Waals surface area contributed by atoms with Crippen LogP contribution in [0.2, 0.25) is 0 Å². The Morgan fingerprint density at radius 1 is 1.29 bits per heavy atom. The van der Waals surface area contributed by atoms with Crippen molar-refractivity contribution in [2.24, 2.45) is 0 Å². The minimum absolute atomic E-state index is 0.00746. The van der Waals surface area contributed by atoms with Gasteiger partial charge in [-0.1, -0.05) is 12.1 Å². The molecule has 4 rings (SSSR count). The zero-order valence-corrected chi connectivity index (χ0v) is 19.1. The molecular formula is C23H23N3O3S2. The van der Waals surface area contributed by atoms with Gasteiger partial charge in [0.1, 0.15) is 16.4 Å². The Morgan fingerprint density at radius 3 is 2.77 bits per heavy atom. The van der Waals surface area contributed by atoms with Crippen molar-refractivity contribution in [1.82, 2.24) is 14.9 Å². The maximum Gasteiger partial charge on any atom is 0.260 e. The van der Waals surface area contributed by atoms with E-state index in [0.717, 1.165) is 16.0 Å². The summed E-state index contributed by atoms with van der Waals surface area (Å²) in [4.78, 5) is 37.8. The molecule has 0 aliphatic carbocycles. The van der Waals surface area contributed by atoms with Gasteiger partial charge in [0.25, 0.3) is 5.56 Å². The number of nitrogens with one attached hydrogen (secondary N) is 1. The number of carbonyl (C=O) groups excluding carboxylic acids is 1. The number of carbonyl (C=O) groups is 1. The lowest BCUT2D eigenvalue weighted by molar-refractivity contribution is -0.132. The topological polar surface area (TPSA) is 86.3 Å². The number of fused-ring (bicyclic) bond motifs is 1. The van der Waals surface area contributed by atoms with Crippen LogP contribution in [0.5, 0.6) is 5.75 Å². The molecule has 0 aliphatic heterocycles. The number of thiophene rings is 2. The molecule has 2 N–H and O–H groups in total. The molecule has 8 heteroatoms. The zero-order chi connectivity index (χ0) is 22.1. The maximum atomic E-state index is 13.0. The summed E-state index contributed by atoms with van der Waals surface area (Å²) in [5.74, 6) is 0.394.